The van der Waals surface area contributed by atoms with E-state index in [1.807, 2.05) is 0 Å². The van der Waals surface area contributed by atoms with Gasteiger partial charge in [-0.25, -0.2) is 4.79 Å². The van der Waals surface area contributed by atoms with Crippen LogP contribution in [0.15, 0.2) is 12.2 Å². The van der Waals surface area contributed by atoms with Crippen LogP contribution < -0.4 is 0 Å². The Hall–Kier alpha value is -1.71. The predicted octanol–water partition coefficient (Wildman–Crippen LogP) is 2.75. The van der Waals surface area contributed by atoms with E-state index in [0.717, 1.165) is 32.1 Å². The topological polar surface area (TPSA) is 57.5 Å². The van der Waals surface area contributed by atoms with Crippen LogP contribution in [0, 0.1) is 23.7 Å². The third-order valence-electron chi connectivity index (χ3n) is 2.39. The fraction of sp³-hybridized carbons (Fsp3) is 0.562. The normalized spacial score (nSPS) is 11.3. The largest absolute Gasteiger partial charge is 0.479 e. The van der Waals surface area contributed by atoms with E-state index in [2.05, 4.69) is 30.6 Å². The highest BCUT2D eigenvalue weighted by Gasteiger charge is 2.11. The molecule has 1 unspecified atom stereocenters. The van der Waals surface area contributed by atoms with E-state index < -0.39 is 12.1 Å². The summed E-state index contributed by atoms with van der Waals surface area (Å²) in [6.45, 7) is 2.09. The van der Waals surface area contributed by atoms with Gasteiger partial charge in [-0.05, 0) is 31.4 Å². The highest BCUT2D eigenvalue weighted by molar-refractivity contribution is 5.71. The molecule has 3 heteroatoms. The Morgan fingerprint density at radius 1 is 1.11 bits per heavy atom. The van der Waals surface area contributed by atoms with Crippen molar-refractivity contribution in [3.8, 4) is 23.7 Å². The van der Waals surface area contributed by atoms with Crippen LogP contribution in [-0.2, 0) is 4.79 Å². The molecule has 0 aromatic rings. The fourth-order valence-electron chi connectivity index (χ4n) is 1.32. The van der Waals surface area contributed by atoms with Gasteiger partial charge in [-0.2, -0.15) is 0 Å². The van der Waals surface area contributed by atoms with Crippen LogP contribution in [0.1, 0.15) is 51.9 Å². The van der Waals surface area contributed by atoms with Crippen molar-refractivity contribution < 1.29 is 15.0 Å². The fourth-order valence-corrected chi connectivity index (χ4v) is 1.32. The maximum atomic E-state index is 10.3. The highest BCUT2D eigenvalue weighted by Crippen LogP contribution is 2.05. The first-order valence-electron chi connectivity index (χ1n) is 6.71. The summed E-state index contributed by atoms with van der Waals surface area (Å²) in [5.74, 6) is 10.7. The smallest absolute Gasteiger partial charge is 0.332 e. The van der Waals surface area contributed by atoms with Crippen LogP contribution in [-0.4, -0.2) is 22.3 Å². The number of aliphatic carboxylic acids is 1. The van der Waals surface area contributed by atoms with E-state index in [1.54, 1.807) is 12.2 Å². The Labute approximate surface area is 115 Å². The van der Waals surface area contributed by atoms with Crippen LogP contribution in [0.25, 0.3) is 0 Å². The molecule has 0 aromatic heterocycles. The van der Waals surface area contributed by atoms with Gasteiger partial charge >= 0.3 is 5.97 Å². The number of hydrogen-bond donors (Lipinski definition) is 2. The van der Waals surface area contributed by atoms with Crippen molar-refractivity contribution in [2.75, 3.05) is 0 Å². The van der Waals surface area contributed by atoms with E-state index in [0.29, 0.717) is 12.8 Å². The average Bonchev–Trinajstić information content (AvgIpc) is 2.39. The monoisotopic (exact) mass is 262 g/mol. The molecule has 1 atom stereocenters. The van der Waals surface area contributed by atoms with Gasteiger partial charge in [-0.15, -0.1) is 0 Å². The minimum Gasteiger partial charge on any atom is -0.479 e. The molecular weight excluding hydrogens is 240 g/mol. The zero-order valence-electron chi connectivity index (χ0n) is 11.5. The Morgan fingerprint density at radius 2 is 1.74 bits per heavy atom. The maximum Gasteiger partial charge on any atom is 0.332 e. The predicted molar refractivity (Wildman–Crippen MR) is 76.3 cm³/mol. The van der Waals surface area contributed by atoms with Gasteiger partial charge in [-0.3, -0.25) is 0 Å². The summed E-state index contributed by atoms with van der Waals surface area (Å²) in [6, 6.07) is 0. The number of rotatable bonds is 7. The molecule has 104 valence electrons. The molecule has 0 amide bonds. The molecule has 0 saturated heterocycles. The zero-order valence-corrected chi connectivity index (χ0v) is 11.5. The van der Waals surface area contributed by atoms with Crippen LogP contribution >= 0.6 is 0 Å². The summed E-state index contributed by atoms with van der Waals surface area (Å²) in [7, 11) is 0. The molecule has 0 aliphatic carbocycles. The summed E-state index contributed by atoms with van der Waals surface area (Å²) in [5, 5.41) is 17.5. The molecule has 0 fully saturated rings. The Bertz CT molecular complexity index is 388. The molecule has 0 aromatic carbocycles. The summed E-state index contributed by atoms with van der Waals surface area (Å²) in [5.41, 5.74) is 0. The van der Waals surface area contributed by atoms with E-state index >= 15 is 0 Å². The Morgan fingerprint density at radius 3 is 2.32 bits per heavy atom. The van der Waals surface area contributed by atoms with E-state index in [-0.39, 0.29) is 0 Å². The van der Waals surface area contributed by atoms with Crippen molar-refractivity contribution in [3.05, 3.63) is 12.2 Å². The average molecular weight is 262 g/mol. The van der Waals surface area contributed by atoms with Gasteiger partial charge in [0.2, 0.25) is 0 Å². The lowest BCUT2D eigenvalue weighted by molar-refractivity contribution is -0.146. The van der Waals surface area contributed by atoms with Crippen LogP contribution in [0.5, 0.6) is 0 Å². The molecule has 0 saturated carbocycles. The Balaban J connectivity index is 3.50. The number of unbranched alkanes of at least 4 members (excludes halogenated alkanes) is 4. The second kappa shape index (κ2) is 12.7. The number of carboxylic acid groups (broad SMARTS) is 1. The van der Waals surface area contributed by atoms with Gasteiger partial charge in [0, 0.05) is 12.8 Å². The van der Waals surface area contributed by atoms with Crippen molar-refractivity contribution >= 4 is 5.97 Å². The minimum absolute atomic E-state index is 0.315. The highest BCUT2D eigenvalue weighted by atomic mass is 16.4. The molecule has 0 bridgehead atoms. The van der Waals surface area contributed by atoms with Gasteiger partial charge in [0.25, 0.3) is 0 Å². The number of carbonyl (C=O) groups is 1. The summed E-state index contributed by atoms with van der Waals surface area (Å²) in [6.07, 6.45) is 7.90. The molecule has 0 spiro atoms. The molecule has 0 aliphatic rings. The van der Waals surface area contributed by atoms with Crippen molar-refractivity contribution in [2.24, 2.45) is 0 Å². The van der Waals surface area contributed by atoms with Crippen molar-refractivity contribution in [2.45, 2.75) is 58.0 Å². The summed E-state index contributed by atoms with van der Waals surface area (Å²) in [4.78, 5) is 10.3. The van der Waals surface area contributed by atoms with E-state index in [4.69, 9.17) is 10.2 Å². The second-order valence-electron chi connectivity index (χ2n) is 4.18. The lowest BCUT2D eigenvalue weighted by atomic mass is 10.1. The number of aliphatic hydroxyl groups excluding tert-OH is 1. The first-order valence-corrected chi connectivity index (χ1v) is 6.71. The molecule has 19 heavy (non-hydrogen) atoms. The minimum atomic E-state index is -1.23. The number of carboxylic acids is 1. The summed E-state index contributed by atoms with van der Waals surface area (Å²) < 4.78 is 0. The van der Waals surface area contributed by atoms with E-state index in [1.165, 1.54) is 0 Å². The third kappa shape index (κ3) is 12.5. The zero-order chi connectivity index (χ0) is 14.3. The molecule has 0 rings (SSSR count). The van der Waals surface area contributed by atoms with Crippen LogP contribution in [0.4, 0.5) is 0 Å². The molecule has 2 N–H and O–H groups in total. The molecular formula is C16H22O3. The van der Waals surface area contributed by atoms with E-state index in [9.17, 15) is 4.79 Å². The van der Waals surface area contributed by atoms with Gasteiger partial charge in [0.05, 0.1) is 0 Å². The first-order chi connectivity index (χ1) is 9.18. The van der Waals surface area contributed by atoms with Crippen molar-refractivity contribution in [3.63, 3.8) is 0 Å². The number of allylic oxidation sites excluding steroid dienone is 2. The molecule has 0 aliphatic heterocycles. The summed E-state index contributed by atoms with van der Waals surface area (Å²) >= 11 is 0. The lowest BCUT2D eigenvalue weighted by Gasteiger charge is -2.03. The second-order valence-corrected chi connectivity index (χ2v) is 4.18. The first kappa shape index (κ1) is 17.3. The SMILES string of the molecule is CCCC#CC=CC#CCCCCCC(O)C(=O)O. The lowest BCUT2D eigenvalue weighted by Crippen LogP contribution is -2.18. The maximum absolute atomic E-state index is 10.3. The van der Waals surface area contributed by atoms with Gasteiger partial charge in [-0.1, -0.05) is 43.4 Å². The standard InChI is InChI=1S/C16H22O3/c1-2-3-4-5-6-7-8-9-10-11-12-13-14-15(17)16(18)19/h6-7,15,17H,2-3,10-14H2,1H3,(H,18,19). The molecule has 0 heterocycles. The van der Waals surface area contributed by atoms with Crippen LogP contribution in [0.3, 0.4) is 0 Å². The number of aliphatic hydroxyl groups is 1. The van der Waals surface area contributed by atoms with Crippen molar-refractivity contribution in [1.82, 2.24) is 0 Å². The van der Waals surface area contributed by atoms with Crippen molar-refractivity contribution in [1.29, 1.82) is 0 Å². The molecule has 3 nitrogen and oxygen atoms in total. The quantitative estimate of drug-likeness (QED) is 0.548. The third-order valence-corrected chi connectivity index (χ3v) is 2.39. The Kier molecular flexibility index (Phi) is 11.6. The van der Waals surface area contributed by atoms with Gasteiger partial charge in [0.15, 0.2) is 6.10 Å². The van der Waals surface area contributed by atoms with Gasteiger partial charge in [0.1, 0.15) is 0 Å². The molecule has 0 radical (unpaired) electrons. The van der Waals surface area contributed by atoms with Crippen LogP contribution in [0.2, 0.25) is 0 Å². The number of hydrogen-bond acceptors (Lipinski definition) is 2. The van der Waals surface area contributed by atoms with Gasteiger partial charge < -0.3 is 10.2 Å².